The Hall–Kier alpha value is -2.42. The molecule has 0 radical (unpaired) electrons. The number of rotatable bonds is 3. The van der Waals surface area contributed by atoms with Crippen molar-refractivity contribution in [2.45, 2.75) is 20.8 Å². The molecule has 20 heavy (non-hydrogen) atoms. The van der Waals surface area contributed by atoms with Crippen LogP contribution in [0.25, 0.3) is 0 Å². The molecule has 0 atom stereocenters. The van der Waals surface area contributed by atoms with E-state index in [-0.39, 0.29) is 11.7 Å². The zero-order valence-corrected chi connectivity index (χ0v) is 11.9. The van der Waals surface area contributed by atoms with Gasteiger partial charge < -0.3 is 5.32 Å². The molecule has 1 amide bonds. The fourth-order valence-corrected chi connectivity index (χ4v) is 1.96. The van der Waals surface area contributed by atoms with Crippen LogP contribution >= 0.6 is 0 Å². The maximum Gasteiger partial charge on any atom is 0.221 e. The van der Waals surface area contributed by atoms with Crippen LogP contribution in [0.4, 0.5) is 5.69 Å². The average Bonchev–Trinajstić information content (AvgIpc) is 2.41. The van der Waals surface area contributed by atoms with Crippen LogP contribution in [0, 0.1) is 13.8 Å². The van der Waals surface area contributed by atoms with Crippen molar-refractivity contribution in [2.24, 2.45) is 0 Å². The first-order valence-electron chi connectivity index (χ1n) is 6.47. The molecule has 0 heterocycles. The van der Waals surface area contributed by atoms with Crippen molar-refractivity contribution in [2.75, 3.05) is 5.32 Å². The Morgan fingerprint density at radius 2 is 1.45 bits per heavy atom. The van der Waals surface area contributed by atoms with E-state index < -0.39 is 0 Å². The van der Waals surface area contributed by atoms with Crippen molar-refractivity contribution in [1.29, 1.82) is 0 Å². The highest BCUT2D eigenvalue weighted by molar-refractivity contribution is 6.09. The molecule has 0 aliphatic heterocycles. The van der Waals surface area contributed by atoms with Crippen LogP contribution in [0.5, 0.6) is 0 Å². The number of hydrogen-bond donors (Lipinski definition) is 1. The minimum Gasteiger partial charge on any atom is -0.326 e. The van der Waals surface area contributed by atoms with Gasteiger partial charge in [0.1, 0.15) is 0 Å². The van der Waals surface area contributed by atoms with Crippen LogP contribution in [0.3, 0.4) is 0 Å². The van der Waals surface area contributed by atoms with E-state index in [1.165, 1.54) is 12.5 Å². The molecule has 0 fully saturated rings. The third kappa shape index (κ3) is 3.12. The molecule has 2 aromatic carbocycles. The molecular formula is C17H17NO2. The second kappa shape index (κ2) is 5.70. The minimum absolute atomic E-state index is 0.0116. The Balaban J connectivity index is 2.24. The molecule has 0 aromatic heterocycles. The van der Waals surface area contributed by atoms with E-state index in [0.717, 1.165) is 5.56 Å². The highest BCUT2D eigenvalue weighted by atomic mass is 16.1. The Kier molecular flexibility index (Phi) is 3.99. The van der Waals surface area contributed by atoms with Gasteiger partial charge >= 0.3 is 0 Å². The van der Waals surface area contributed by atoms with Crippen molar-refractivity contribution in [3.8, 4) is 0 Å². The maximum atomic E-state index is 12.4. The number of nitrogens with one attached hydrogen (secondary N) is 1. The van der Waals surface area contributed by atoms with E-state index in [0.29, 0.717) is 16.8 Å². The summed E-state index contributed by atoms with van der Waals surface area (Å²) in [6, 6.07) is 12.6. The zero-order valence-electron chi connectivity index (χ0n) is 11.9. The van der Waals surface area contributed by atoms with Crippen LogP contribution in [-0.4, -0.2) is 11.7 Å². The summed E-state index contributed by atoms with van der Waals surface area (Å²) in [4.78, 5) is 23.3. The Morgan fingerprint density at radius 1 is 0.850 bits per heavy atom. The topological polar surface area (TPSA) is 46.2 Å². The Labute approximate surface area is 118 Å². The van der Waals surface area contributed by atoms with E-state index in [2.05, 4.69) is 5.32 Å². The average molecular weight is 267 g/mol. The van der Waals surface area contributed by atoms with Crippen LogP contribution in [-0.2, 0) is 4.79 Å². The van der Waals surface area contributed by atoms with Gasteiger partial charge in [0.15, 0.2) is 5.78 Å². The maximum absolute atomic E-state index is 12.4. The number of benzene rings is 2. The number of hydrogen-bond acceptors (Lipinski definition) is 2. The molecule has 3 nitrogen and oxygen atoms in total. The standard InChI is InChI=1S/C17H17NO2/c1-11-4-5-15(10-12(11)2)17(20)14-6-8-16(9-7-14)18-13(3)19/h4-10H,1-3H3,(H,18,19). The lowest BCUT2D eigenvalue weighted by atomic mass is 9.99. The normalized spacial score (nSPS) is 10.2. The highest BCUT2D eigenvalue weighted by Crippen LogP contribution is 2.16. The van der Waals surface area contributed by atoms with Crippen molar-refractivity contribution >= 4 is 17.4 Å². The van der Waals surface area contributed by atoms with Crippen LogP contribution in [0.15, 0.2) is 42.5 Å². The van der Waals surface area contributed by atoms with E-state index in [9.17, 15) is 9.59 Å². The van der Waals surface area contributed by atoms with Crippen molar-refractivity contribution in [3.63, 3.8) is 0 Å². The van der Waals surface area contributed by atoms with Crippen molar-refractivity contribution < 1.29 is 9.59 Å². The largest absolute Gasteiger partial charge is 0.326 e. The molecule has 0 saturated heterocycles. The molecule has 0 aliphatic carbocycles. The summed E-state index contributed by atoms with van der Waals surface area (Å²) >= 11 is 0. The van der Waals surface area contributed by atoms with Gasteiger partial charge in [0.2, 0.25) is 5.91 Å². The van der Waals surface area contributed by atoms with Crippen LogP contribution < -0.4 is 5.32 Å². The summed E-state index contributed by atoms with van der Waals surface area (Å²) in [5, 5.41) is 2.68. The molecular weight excluding hydrogens is 250 g/mol. The molecule has 102 valence electrons. The first kappa shape index (κ1) is 14.0. The summed E-state index contributed by atoms with van der Waals surface area (Å²) in [6.45, 7) is 5.46. The number of anilines is 1. The fraction of sp³-hybridized carbons (Fsp3) is 0.176. The third-order valence-electron chi connectivity index (χ3n) is 3.24. The summed E-state index contributed by atoms with van der Waals surface area (Å²) in [5.74, 6) is -0.138. The molecule has 1 N–H and O–H groups in total. The Morgan fingerprint density at radius 3 is 2.00 bits per heavy atom. The van der Waals surface area contributed by atoms with Crippen LogP contribution in [0.1, 0.15) is 34.0 Å². The second-order valence-electron chi connectivity index (χ2n) is 4.89. The summed E-state index contributed by atoms with van der Waals surface area (Å²) < 4.78 is 0. The number of aryl methyl sites for hydroxylation is 2. The number of amides is 1. The number of ketones is 1. The van der Waals surface area contributed by atoms with Crippen LogP contribution in [0.2, 0.25) is 0 Å². The lowest BCUT2D eigenvalue weighted by Crippen LogP contribution is -2.06. The molecule has 0 unspecified atom stereocenters. The third-order valence-corrected chi connectivity index (χ3v) is 3.24. The lowest BCUT2D eigenvalue weighted by Gasteiger charge is -2.06. The number of carbonyl (C=O) groups excluding carboxylic acids is 2. The quantitative estimate of drug-likeness (QED) is 0.865. The van der Waals surface area contributed by atoms with Gasteiger partial charge in [-0.1, -0.05) is 12.1 Å². The van der Waals surface area contributed by atoms with E-state index in [1.54, 1.807) is 24.3 Å². The zero-order chi connectivity index (χ0) is 14.7. The second-order valence-corrected chi connectivity index (χ2v) is 4.89. The molecule has 0 aliphatic rings. The summed E-state index contributed by atoms with van der Waals surface area (Å²) in [5.41, 5.74) is 4.25. The Bertz CT molecular complexity index is 657. The molecule has 2 rings (SSSR count). The van der Waals surface area contributed by atoms with E-state index >= 15 is 0 Å². The van der Waals surface area contributed by atoms with Gasteiger partial charge in [0, 0.05) is 23.7 Å². The highest BCUT2D eigenvalue weighted by Gasteiger charge is 2.09. The SMILES string of the molecule is CC(=O)Nc1ccc(C(=O)c2ccc(C)c(C)c2)cc1. The molecule has 3 heteroatoms. The molecule has 2 aromatic rings. The first-order chi connectivity index (χ1) is 9.47. The van der Waals surface area contributed by atoms with E-state index in [4.69, 9.17) is 0 Å². The summed E-state index contributed by atoms with van der Waals surface area (Å²) in [7, 11) is 0. The van der Waals surface area contributed by atoms with Crippen molar-refractivity contribution in [3.05, 3.63) is 64.7 Å². The molecule has 0 bridgehead atoms. The molecule has 0 spiro atoms. The van der Waals surface area contributed by atoms with Gasteiger partial charge in [-0.25, -0.2) is 0 Å². The van der Waals surface area contributed by atoms with Gasteiger partial charge in [-0.2, -0.15) is 0 Å². The number of carbonyl (C=O) groups is 2. The smallest absolute Gasteiger partial charge is 0.221 e. The van der Waals surface area contributed by atoms with Gasteiger partial charge in [0.05, 0.1) is 0 Å². The van der Waals surface area contributed by atoms with Gasteiger partial charge in [-0.15, -0.1) is 0 Å². The first-order valence-corrected chi connectivity index (χ1v) is 6.47. The monoisotopic (exact) mass is 267 g/mol. The van der Waals surface area contributed by atoms with Gasteiger partial charge in [-0.05, 0) is 55.3 Å². The van der Waals surface area contributed by atoms with Crippen molar-refractivity contribution in [1.82, 2.24) is 0 Å². The summed E-state index contributed by atoms with van der Waals surface area (Å²) in [6.07, 6.45) is 0. The van der Waals surface area contributed by atoms with E-state index in [1.807, 2.05) is 32.0 Å². The van der Waals surface area contributed by atoms with Gasteiger partial charge in [0.25, 0.3) is 0 Å². The predicted octanol–water partition coefficient (Wildman–Crippen LogP) is 3.49. The predicted molar refractivity (Wildman–Crippen MR) is 80.1 cm³/mol. The molecule has 0 saturated carbocycles. The minimum atomic E-state index is -0.127. The lowest BCUT2D eigenvalue weighted by molar-refractivity contribution is -0.114. The van der Waals surface area contributed by atoms with Gasteiger partial charge in [-0.3, -0.25) is 9.59 Å². The fourth-order valence-electron chi connectivity index (χ4n) is 1.96.